The topological polar surface area (TPSA) is 69.1 Å². The Bertz CT molecular complexity index is 845. The highest BCUT2D eigenvalue weighted by Gasteiger charge is 2.29. The van der Waals surface area contributed by atoms with Gasteiger partial charge in [0.25, 0.3) is 5.91 Å². The molecule has 1 aromatic heterocycles. The van der Waals surface area contributed by atoms with E-state index in [-0.39, 0.29) is 18.1 Å². The van der Waals surface area contributed by atoms with Crippen LogP contribution in [0.1, 0.15) is 24.2 Å². The van der Waals surface area contributed by atoms with Crippen molar-refractivity contribution in [2.75, 3.05) is 32.1 Å². The van der Waals surface area contributed by atoms with E-state index in [1.807, 2.05) is 44.2 Å². The van der Waals surface area contributed by atoms with Crippen LogP contribution in [0.2, 0.25) is 0 Å². The third kappa shape index (κ3) is 4.81. The highest BCUT2D eigenvalue weighted by atomic mass is 79.9. The Balaban J connectivity index is 1.83. The number of hydrogen-bond acceptors (Lipinski definition) is 5. The fourth-order valence-corrected chi connectivity index (χ4v) is 5.45. The molecule has 1 aliphatic rings. The summed E-state index contributed by atoms with van der Waals surface area (Å²) in [5, 5.41) is 3.42. The first-order chi connectivity index (χ1) is 13.4. The van der Waals surface area contributed by atoms with Crippen LogP contribution in [-0.2, 0) is 14.3 Å². The maximum atomic E-state index is 12.7. The number of anilines is 1. The highest BCUT2D eigenvalue weighted by molar-refractivity contribution is 9.11. The summed E-state index contributed by atoms with van der Waals surface area (Å²) in [5.74, 6) is -0.605. The van der Waals surface area contributed by atoms with Crippen molar-refractivity contribution in [2.24, 2.45) is 0 Å². The molecule has 1 amide bonds. The van der Waals surface area contributed by atoms with Gasteiger partial charge in [-0.2, -0.15) is 0 Å². The van der Waals surface area contributed by atoms with E-state index >= 15 is 0 Å². The van der Waals surface area contributed by atoms with Crippen LogP contribution in [-0.4, -0.2) is 50.8 Å². The van der Waals surface area contributed by atoms with Gasteiger partial charge in [-0.15, -0.1) is 11.3 Å². The lowest BCUT2D eigenvalue weighted by Gasteiger charge is -2.31. The van der Waals surface area contributed by atoms with Gasteiger partial charge < -0.3 is 19.7 Å². The van der Waals surface area contributed by atoms with Gasteiger partial charge in [-0.05, 0) is 35.3 Å². The number of quaternary nitrogens is 1. The number of methoxy groups -OCH3 is 1. The molecule has 150 valence electrons. The second-order valence-corrected chi connectivity index (χ2v) is 9.29. The number of carbonyl (C=O) groups excluding carboxylic acids is 2. The molecule has 28 heavy (non-hydrogen) atoms. The third-order valence-electron chi connectivity index (χ3n) is 4.60. The molecule has 1 aromatic carbocycles. The minimum atomic E-state index is -0.475. The largest absolute Gasteiger partial charge is 0.465 e. The fraction of sp³-hybridized carbons (Fsp3) is 0.400. The quantitative estimate of drug-likeness (QED) is 0.663. The molecule has 0 aliphatic carbocycles. The standard InChI is InChI=1S/C20H23BrN2O4S/c1-12-9-23(10-13(2)27-12)11-15(24)22-19-17(20(25)26-3)16(18(21)28-19)14-7-5-4-6-8-14/h4-8,12-13H,9-11H2,1-3H3,(H,22,24)/p+1. The van der Waals surface area contributed by atoms with Crippen LogP contribution in [0.5, 0.6) is 0 Å². The number of benzene rings is 1. The van der Waals surface area contributed by atoms with Crippen molar-refractivity contribution in [2.45, 2.75) is 26.1 Å². The molecule has 6 nitrogen and oxygen atoms in total. The van der Waals surface area contributed by atoms with Crippen molar-refractivity contribution in [1.82, 2.24) is 0 Å². The summed E-state index contributed by atoms with van der Waals surface area (Å²) < 4.78 is 11.5. The van der Waals surface area contributed by atoms with Crippen LogP contribution in [0.3, 0.4) is 0 Å². The number of nitrogens with one attached hydrogen (secondary N) is 2. The number of rotatable bonds is 5. The Morgan fingerprint density at radius 3 is 2.50 bits per heavy atom. The zero-order chi connectivity index (χ0) is 20.3. The Morgan fingerprint density at radius 2 is 1.89 bits per heavy atom. The number of esters is 1. The normalized spacial score (nSPS) is 21.9. The number of halogens is 1. The summed E-state index contributed by atoms with van der Waals surface area (Å²) in [6.07, 6.45) is 0.246. The number of thiophene rings is 1. The van der Waals surface area contributed by atoms with E-state index in [1.54, 1.807) is 0 Å². The molecule has 2 N–H and O–H groups in total. The fourth-order valence-electron chi connectivity index (χ4n) is 3.58. The van der Waals surface area contributed by atoms with Crippen molar-refractivity contribution in [3.63, 3.8) is 0 Å². The average molecular weight is 468 g/mol. The van der Waals surface area contributed by atoms with Crippen molar-refractivity contribution in [1.29, 1.82) is 0 Å². The molecule has 1 fully saturated rings. The predicted octanol–water partition coefficient (Wildman–Crippen LogP) is 2.59. The second kappa shape index (κ2) is 9.17. The van der Waals surface area contributed by atoms with Gasteiger partial charge in [0, 0.05) is 5.56 Å². The van der Waals surface area contributed by atoms with Crippen molar-refractivity contribution in [3.8, 4) is 11.1 Å². The monoisotopic (exact) mass is 467 g/mol. The summed E-state index contributed by atoms with van der Waals surface area (Å²) in [4.78, 5) is 26.3. The van der Waals surface area contributed by atoms with Crippen molar-refractivity contribution >= 4 is 44.1 Å². The summed E-state index contributed by atoms with van der Waals surface area (Å²) in [7, 11) is 1.34. The maximum Gasteiger partial charge on any atom is 0.341 e. The lowest BCUT2D eigenvalue weighted by Crippen LogP contribution is -3.16. The van der Waals surface area contributed by atoms with Gasteiger partial charge in [0.05, 0.1) is 10.9 Å². The van der Waals surface area contributed by atoms with E-state index in [0.29, 0.717) is 17.1 Å². The Kier molecular flexibility index (Phi) is 6.87. The van der Waals surface area contributed by atoms with Crippen LogP contribution in [0.4, 0.5) is 5.00 Å². The number of ether oxygens (including phenoxy) is 2. The molecule has 2 heterocycles. The van der Waals surface area contributed by atoms with Crippen LogP contribution >= 0.6 is 27.3 Å². The van der Waals surface area contributed by atoms with E-state index in [0.717, 1.165) is 28.0 Å². The zero-order valence-corrected chi connectivity index (χ0v) is 18.5. The molecule has 0 radical (unpaired) electrons. The molecule has 8 heteroatoms. The van der Waals surface area contributed by atoms with Gasteiger partial charge in [0.2, 0.25) is 0 Å². The highest BCUT2D eigenvalue weighted by Crippen LogP contribution is 2.43. The van der Waals surface area contributed by atoms with Gasteiger partial charge in [0.15, 0.2) is 6.54 Å². The summed E-state index contributed by atoms with van der Waals surface area (Å²) in [6.45, 7) is 5.93. The first-order valence-electron chi connectivity index (χ1n) is 9.14. The SMILES string of the molecule is COC(=O)c1c(NC(=O)C[NH+]2CC(C)OC(C)C2)sc(Br)c1-c1ccccc1. The summed E-state index contributed by atoms with van der Waals surface area (Å²) in [5.41, 5.74) is 1.99. The molecule has 2 aromatic rings. The van der Waals surface area contributed by atoms with Crippen LogP contribution < -0.4 is 10.2 Å². The van der Waals surface area contributed by atoms with Gasteiger partial charge >= 0.3 is 5.97 Å². The van der Waals surface area contributed by atoms with E-state index in [2.05, 4.69) is 21.2 Å². The number of amides is 1. The molecular weight excluding hydrogens is 444 g/mol. The van der Waals surface area contributed by atoms with Crippen molar-refractivity contribution < 1.29 is 24.0 Å². The lowest BCUT2D eigenvalue weighted by atomic mass is 10.0. The molecule has 2 unspecified atom stereocenters. The van der Waals surface area contributed by atoms with Crippen molar-refractivity contribution in [3.05, 3.63) is 39.7 Å². The van der Waals surface area contributed by atoms with Crippen LogP contribution in [0.15, 0.2) is 34.1 Å². The number of hydrogen-bond donors (Lipinski definition) is 2. The Morgan fingerprint density at radius 1 is 1.25 bits per heavy atom. The van der Waals surface area contributed by atoms with Gasteiger partial charge in [0.1, 0.15) is 35.9 Å². The maximum absolute atomic E-state index is 12.7. The summed E-state index contributed by atoms with van der Waals surface area (Å²) >= 11 is 4.87. The van der Waals surface area contributed by atoms with E-state index in [9.17, 15) is 9.59 Å². The van der Waals surface area contributed by atoms with Gasteiger partial charge in [-0.3, -0.25) is 4.79 Å². The smallest absolute Gasteiger partial charge is 0.341 e. The first-order valence-corrected chi connectivity index (χ1v) is 10.7. The Labute approximate surface area is 176 Å². The average Bonchev–Trinajstić information content (AvgIpc) is 2.96. The molecule has 0 spiro atoms. The first kappa shape index (κ1) is 21.0. The molecule has 2 atom stereocenters. The summed E-state index contributed by atoms with van der Waals surface area (Å²) in [6, 6.07) is 9.57. The lowest BCUT2D eigenvalue weighted by molar-refractivity contribution is -0.907. The molecule has 1 aliphatic heterocycles. The van der Waals surface area contributed by atoms with E-state index < -0.39 is 5.97 Å². The van der Waals surface area contributed by atoms with Crippen LogP contribution in [0, 0.1) is 0 Å². The number of morpholine rings is 1. The zero-order valence-electron chi connectivity index (χ0n) is 16.1. The minimum Gasteiger partial charge on any atom is -0.465 e. The van der Waals surface area contributed by atoms with Gasteiger partial charge in [-0.1, -0.05) is 30.3 Å². The van der Waals surface area contributed by atoms with E-state index in [4.69, 9.17) is 9.47 Å². The molecule has 1 saturated heterocycles. The van der Waals surface area contributed by atoms with Gasteiger partial charge in [-0.25, -0.2) is 4.79 Å². The molecule has 0 saturated carbocycles. The third-order valence-corrected chi connectivity index (χ3v) is 6.37. The predicted molar refractivity (Wildman–Crippen MR) is 113 cm³/mol. The Hall–Kier alpha value is -1.74. The minimum absolute atomic E-state index is 0.123. The second-order valence-electron chi connectivity index (χ2n) is 6.95. The van der Waals surface area contributed by atoms with Crippen LogP contribution in [0.25, 0.3) is 11.1 Å². The molecule has 3 rings (SSSR count). The number of carbonyl (C=O) groups is 2. The van der Waals surface area contributed by atoms with E-state index in [1.165, 1.54) is 23.3 Å². The molecular formula is C20H24BrN2O4S+. The molecule has 0 bridgehead atoms.